The fourth-order valence-corrected chi connectivity index (χ4v) is 3.22. The van der Waals surface area contributed by atoms with Crippen LogP contribution in [-0.2, 0) is 16.4 Å². The van der Waals surface area contributed by atoms with Gasteiger partial charge in [0.25, 0.3) is 0 Å². The van der Waals surface area contributed by atoms with Crippen molar-refractivity contribution in [2.45, 2.75) is 31.3 Å². The highest BCUT2D eigenvalue weighted by molar-refractivity contribution is 7.91. The maximum absolute atomic E-state index is 11.8. The molecule has 0 saturated heterocycles. The summed E-state index contributed by atoms with van der Waals surface area (Å²) in [6.45, 7) is 4.13. The molecule has 0 aliphatic carbocycles. The molecule has 0 fully saturated rings. The Morgan fingerprint density at radius 3 is 2.42 bits per heavy atom. The number of carboxylic acids is 1. The van der Waals surface area contributed by atoms with Crippen molar-refractivity contribution in [3.63, 3.8) is 0 Å². The topological polar surface area (TPSA) is 83.5 Å². The van der Waals surface area contributed by atoms with Gasteiger partial charge in [0.05, 0.1) is 16.2 Å². The Balaban J connectivity index is 2.04. The van der Waals surface area contributed by atoms with E-state index >= 15 is 0 Å². The van der Waals surface area contributed by atoms with Crippen LogP contribution in [0.5, 0.6) is 0 Å². The van der Waals surface area contributed by atoms with Crippen LogP contribution in [0, 0.1) is 0 Å². The van der Waals surface area contributed by atoms with Crippen LogP contribution in [0.3, 0.4) is 0 Å². The summed E-state index contributed by atoms with van der Waals surface area (Å²) in [5.41, 5.74) is 2.11. The van der Waals surface area contributed by atoms with Crippen LogP contribution < -0.4 is 5.32 Å². The van der Waals surface area contributed by atoms with Crippen molar-refractivity contribution in [3.05, 3.63) is 65.2 Å². The van der Waals surface area contributed by atoms with Gasteiger partial charge >= 0.3 is 5.97 Å². The number of carbonyl (C=O) groups is 1. The van der Waals surface area contributed by atoms with Crippen molar-refractivity contribution >= 4 is 15.8 Å². The fourth-order valence-electron chi connectivity index (χ4n) is 2.33. The molecule has 1 unspecified atom stereocenters. The Hall–Kier alpha value is -2.18. The number of aromatic carboxylic acids is 1. The highest BCUT2D eigenvalue weighted by atomic mass is 32.2. The van der Waals surface area contributed by atoms with Crippen LogP contribution >= 0.6 is 0 Å². The molecule has 2 aromatic carbocycles. The van der Waals surface area contributed by atoms with E-state index in [9.17, 15) is 13.2 Å². The Kier molecular flexibility index (Phi) is 5.75. The molecule has 2 N–H and O–H groups in total. The van der Waals surface area contributed by atoms with Gasteiger partial charge in [-0.05, 0) is 42.3 Å². The van der Waals surface area contributed by atoms with Crippen molar-refractivity contribution in [1.82, 2.24) is 5.32 Å². The molecule has 1 atom stereocenters. The molecule has 24 heavy (non-hydrogen) atoms. The molecule has 0 aromatic heterocycles. The molecule has 128 valence electrons. The second-order valence-corrected chi connectivity index (χ2v) is 7.86. The first-order valence-corrected chi connectivity index (χ1v) is 9.37. The summed E-state index contributed by atoms with van der Waals surface area (Å²) < 4.78 is 23.6. The summed E-state index contributed by atoms with van der Waals surface area (Å²) in [6, 6.07) is 13.6. The number of benzene rings is 2. The maximum Gasteiger partial charge on any atom is 0.335 e. The van der Waals surface area contributed by atoms with E-state index in [1.165, 1.54) is 0 Å². The molecule has 5 nitrogen and oxygen atoms in total. The van der Waals surface area contributed by atoms with Crippen molar-refractivity contribution in [2.75, 3.05) is 5.75 Å². The van der Waals surface area contributed by atoms with Crippen LogP contribution in [0.1, 0.15) is 41.4 Å². The van der Waals surface area contributed by atoms with Crippen molar-refractivity contribution in [1.29, 1.82) is 0 Å². The van der Waals surface area contributed by atoms with E-state index in [1.54, 1.807) is 49.4 Å². The third kappa shape index (κ3) is 4.43. The molecular weight excluding hydrogens is 326 g/mol. The Labute approximate surface area is 142 Å². The van der Waals surface area contributed by atoms with Crippen LogP contribution in [-0.4, -0.2) is 25.2 Å². The first kappa shape index (κ1) is 18.2. The largest absolute Gasteiger partial charge is 0.478 e. The van der Waals surface area contributed by atoms with E-state index < -0.39 is 15.8 Å². The SMILES string of the molecule is CCS(=O)(=O)c1ccc(C(C)NCc2cccc(C(=O)O)c2)cc1. The number of hydrogen-bond acceptors (Lipinski definition) is 4. The number of sulfone groups is 1. The third-order valence-corrected chi connectivity index (χ3v) is 5.66. The molecular formula is C18H21NO4S. The van der Waals surface area contributed by atoms with Crippen LogP contribution in [0.25, 0.3) is 0 Å². The molecule has 0 spiro atoms. The molecule has 2 aromatic rings. The van der Waals surface area contributed by atoms with E-state index in [2.05, 4.69) is 5.32 Å². The smallest absolute Gasteiger partial charge is 0.335 e. The number of hydrogen-bond donors (Lipinski definition) is 2. The highest BCUT2D eigenvalue weighted by Crippen LogP contribution is 2.18. The molecule has 0 bridgehead atoms. The van der Waals surface area contributed by atoms with Gasteiger partial charge in [-0.25, -0.2) is 13.2 Å². The minimum atomic E-state index is -3.18. The minimum Gasteiger partial charge on any atom is -0.478 e. The lowest BCUT2D eigenvalue weighted by atomic mass is 10.1. The zero-order valence-electron chi connectivity index (χ0n) is 13.7. The Morgan fingerprint density at radius 1 is 1.17 bits per heavy atom. The molecule has 0 radical (unpaired) electrons. The van der Waals surface area contributed by atoms with Crippen molar-refractivity contribution in [2.24, 2.45) is 0 Å². The van der Waals surface area contributed by atoms with Gasteiger partial charge in [0, 0.05) is 12.6 Å². The van der Waals surface area contributed by atoms with Crippen LogP contribution in [0.4, 0.5) is 0 Å². The second kappa shape index (κ2) is 7.59. The standard InChI is InChI=1S/C18H21NO4S/c1-3-24(22,23)17-9-7-15(8-10-17)13(2)19-12-14-5-4-6-16(11-14)18(20)21/h4-11,13,19H,3,12H2,1-2H3,(H,20,21). The second-order valence-electron chi connectivity index (χ2n) is 5.58. The molecule has 0 amide bonds. The van der Waals surface area contributed by atoms with Crippen molar-refractivity contribution in [3.8, 4) is 0 Å². The van der Waals surface area contributed by atoms with Gasteiger partial charge in [-0.15, -0.1) is 0 Å². The summed E-state index contributed by atoms with van der Waals surface area (Å²) in [4.78, 5) is 11.3. The molecule has 2 rings (SSSR count). The van der Waals surface area contributed by atoms with E-state index in [1.807, 2.05) is 13.0 Å². The quantitative estimate of drug-likeness (QED) is 0.804. The molecule has 0 heterocycles. The lowest BCUT2D eigenvalue weighted by molar-refractivity contribution is 0.0696. The van der Waals surface area contributed by atoms with Gasteiger partial charge in [-0.3, -0.25) is 0 Å². The lowest BCUT2D eigenvalue weighted by Gasteiger charge is -2.15. The maximum atomic E-state index is 11.8. The summed E-state index contributed by atoms with van der Waals surface area (Å²) >= 11 is 0. The van der Waals surface area contributed by atoms with E-state index in [0.29, 0.717) is 11.4 Å². The third-order valence-electron chi connectivity index (χ3n) is 3.91. The summed E-state index contributed by atoms with van der Waals surface area (Å²) in [5.74, 6) is -0.863. The summed E-state index contributed by atoms with van der Waals surface area (Å²) in [6.07, 6.45) is 0. The minimum absolute atomic E-state index is 0.0110. The van der Waals surface area contributed by atoms with Gasteiger partial charge in [-0.1, -0.05) is 31.2 Å². The van der Waals surface area contributed by atoms with E-state index in [0.717, 1.165) is 11.1 Å². The average molecular weight is 347 g/mol. The van der Waals surface area contributed by atoms with E-state index in [4.69, 9.17) is 5.11 Å². The normalized spacial score (nSPS) is 12.8. The average Bonchev–Trinajstić information content (AvgIpc) is 2.60. The fraction of sp³-hybridized carbons (Fsp3) is 0.278. The highest BCUT2D eigenvalue weighted by Gasteiger charge is 2.12. The monoisotopic (exact) mass is 347 g/mol. The Bertz CT molecular complexity index is 813. The molecule has 0 aliphatic rings. The van der Waals surface area contributed by atoms with Gasteiger partial charge in [0.1, 0.15) is 0 Å². The van der Waals surface area contributed by atoms with Crippen LogP contribution in [0.2, 0.25) is 0 Å². The zero-order chi connectivity index (χ0) is 17.7. The summed E-state index contributed by atoms with van der Waals surface area (Å²) in [7, 11) is -3.18. The first-order chi connectivity index (χ1) is 11.3. The number of nitrogens with one attached hydrogen (secondary N) is 1. The van der Waals surface area contributed by atoms with Gasteiger partial charge in [0.2, 0.25) is 0 Å². The number of carboxylic acid groups (broad SMARTS) is 1. The van der Waals surface area contributed by atoms with Gasteiger partial charge in [0.15, 0.2) is 9.84 Å². The predicted octanol–water partition coefficient (Wildman–Crippen LogP) is 3.03. The van der Waals surface area contributed by atoms with E-state index in [-0.39, 0.29) is 17.4 Å². The van der Waals surface area contributed by atoms with Gasteiger partial charge < -0.3 is 10.4 Å². The van der Waals surface area contributed by atoms with Crippen LogP contribution in [0.15, 0.2) is 53.4 Å². The summed E-state index contributed by atoms with van der Waals surface area (Å²) in [5, 5.41) is 12.3. The zero-order valence-corrected chi connectivity index (χ0v) is 14.5. The predicted molar refractivity (Wildman–Crippen MR) is 92.8 cm³/mol. The van der Waals surface area contributed by atoms with Crippen molar-refractivity contribution < 1.29 is 18.3 Å². The lowest BCUT2D eigenvalue weighted by Crippen LogP contribution is -2.18. The number of rotatable bonds is 7. The molecule has 0 saturated carbocycles. The molecule has 6 heteroatoms. The molecule has 0 aliphatic heterocycles. The first-order valence-electron chi connectivity index (χ1n) is 7.72. The Morgan fingerprint density at radius 2 is 1.83 bits per heavy atom. The van der Waals surface area contributed by atoms with Gasteiger partial charge in [-0.2, -0.15) is 0 Å².